The highest BCUT2D eigenvalue weighted by Gasteiger charge is 2.44. The summed E-state index contributed by atoms with van der Waals surface area (Å²) < 4.78 is 7.01. The topological polar surface area (TPSA) is 21.3 Å². The van der Waals surface area contributed by atoms with E-state index in [2.05, 4.69) is 21.2 Å². The lowest BCUT2D eigenvalue weighted by molar-refractivity contribution is 0.0522. The molecule has 0 spiro atoms. The summed E-state index contributed by atoms with van der Waals surface area (Å²) in [5, 5.41) is 3.47. The van der Waals surface area contributed by atoms with E-state index in [9.17, 15) is 0 Å². The van der Waals surface area contributed by atoms with Crippen molar-refractivity contribution in [2.24, 2.45) is 11.3 Å². The van der Waals surface area contributed by atoms with Crippen molar-refractivity contribution in [2.75, 3.05) is 19.7 Å². The third-order valence-electron chi connectivity index (χ3n) is 4.86. The summed E-state index contributed by atoms with van der Waals surface area (Å²) >= 11 is 3.45. The van der Waals surface area contributed by atoms with Crippen molar-refractivity contribution in [3.8, 4) is 5.75 Å². The Labute approximate surface area is 124 Å². The summed E-state index contributed by atoms with van der Waals surface area (Å²) in [5.41, 5.74) is 0.534. The fourth-order valence-corrected chi connectivity index (χ4v) is 3.82. The van der Waals surface area contributed by atoms with E-state index in [-0.39, 0.29) is 0 Å². The van der Waals surface area contributed by atoms with Gasteiger partial charge in [0.05, 0.1) is 6.61 Å². The van der Waals surface area contributed by atoms with Gasteiger partial charge in [0.25, 0.3) is 0 Å². The van der Waals surface area contributed by atoms with E-state index in [4.69, 9.17) is 4.74 Å². The van der Waals surface area contributed by atoms with Crippen LogP contribution >= 0.6 is 15.9 Å². The van der Waals surface area contributed by atoms with Gasteiger partial charge in [-0.3, -0.25) is 0 Å². The summed E-state index contributed by atoms with van der Waals surface area (Å²) in [6.45, 7) is 3.24. The summed E-state index contributed by atoms with van der Waals surface area (Å²) in [6, 6.07) is 8.14. The first-order valence-corrected chi connectivity index (χ1v) is 8.17. The number of rotatable bonds is 5. The van der Waals surface area contributed by atoms with Crippen LogP contribution in [0.25, 0.3) is 0 Å². The van der Waals surface area contributed by atoms with E-state index in [1.807, 2.05) is 24.3 Å². The predicted molar refractivity (Wildman–Crippen MR) is 81.5 cm³/mol. The molecule has 1 saturated carbocycles. The van der Waals surface area contributed by atoms with Crippen LogP contribution in [-0.2, 0) is 0 Å². The summed E-state index contributed by atoms with van der Waals surface area (Å²) in [4.78, 5) is 0. The minimum atomic E-state index is 0.534. The molecule has 0 radical (unpaired) electrons. The van der Waals surface area contributed by atoms with Gasteiger partial charge in [-0.25, -0.2) is 0 Å². The first-order chi connectivity index (χ1) is 9.28. The Hall–Kier alpha value is -0.540. The van der Waals surface area contributed by atoms with Crippen molar-refractivity contribution in [1.82, 2.24) is 5.32 Å². The van der Waals surface area contributed by atoms with E-state index in [0.717, 1.165) is 22.7 Å². The second-order valence-electron chi connectivity index (χ2n) is 6.00. The zero-order valence-corrected chi connectivity index (χ0v) is 12.9. The molecular formula is C16H22BrNO. The van der Waals surface area contributed by atoms with Crippen LogP contribution in [0.4, 0.5) is 0 Å². The Balaban J connectivity index is 1.51. The van der Waals surface area contributed by atoms with Crippen LogP contribution in [0.3, 0.4) is 0 Å². The molecule has 19 heavy (non-hydrogen) atoms. The van der Waals surface area contributed by atoms with Crippen molar-refractivity contribution in [2.45, 2.75) is 32.1 Å². The first kappa shape index (κ1) is 13.4. The van der Waals surface area contributed by atoms with Crippen molar-refractivity contribution in [3.63, 3.8) is 0 Å². The molecule has 2 fully saturated rings. The van der Waals surface area contributed by atoms with Gasteiger partial charge in [-0.2, -0.15) is 0 Å². The van der Waals surface area contributed by atoms with Gasteiger partial charge < -0.3 is 10.1 Å². The van der Waals surface area contributed by atoms with E-state index in [1.165, 1.54) is 45.2 Å². The summed E-state index contributed by atoms with van der Waals surface area (Å²) in [6.07, 6.45) is 6.92. The molecular weight excluding hydrogens is 302 g/mol. The average Bonchev–Trinajstić information content (AvgIpc) is 2.89. The van der Waals surface area contributed by atoms with E-state index >= 15 is 0 Å². The maximum atomic E-state index is 5.90. The number of ether oxygens (including phenoxy) is 1. The van der Waals surface area contributed by atoms with E-state index < -0.39 is 0 Å². The van der Waals surface area contributed by atoms with Gasteiger partial charge in [-0.1, -0.05) is 28.8 Å². The van der Waals surface area contributed by atoms with Gasteiger partial charge in [0.1, 0.15) is 5.75 Å². The second kappa shape index (κ2) is 5.84. The van der Waals surface area contributed by atoms with Crippen LogP contribution < -0.4 is 10.1 Å². The molecule has 0 unspecified atom stereocenters. The molecule has 2 nitrogen and oxygen atoms in total. The monoisotopic (exact) mass is 323 g/mol. The molecule has 1 heterocycles. The molecule has 0 amide bonds. The van der Waals surface area contributed by atoms with Gasteiger partial charge in [0.2, 0.25) is 0 Å². The van der Waals surface area contributed by atoms with Gasteiger partial charge in [0.15, 0.2) is 0 Å². The quantitative estimate of drug-likeness (QED) is 0.884. The molecule has 1 aromatic rings. The van der Waals surface area contributed by atoms with Crippen LogP contribution in [0, 0.1) is 11.3 Å². The fraction of sp³-hybridized carbons (Fsp3) is 0.625. The highest BCUT2D eigenvalue weighted by atomic mass is 79.9. The molecule has 104 valence electrons. The Morgan fingerprint density at radius 2 is 1.84 bits per heavy atom. The molecule has 1 aromatic carbocycles. The van der Waals surface area contributed by atoms with E-state index in [0.29, 0.717) is 5.41 Å². The van der Waals surface area contributed by atoms with Crippen molar-refractivity contribution >= 4 is 15.9 Å². The number of hydrogen-bond acceptors (Lipinski definition) is 2. The van der Waals surface area contributed by atoms with Gasteiger partial charge in [0, 0.05) is 23.0 Å². The van der Waals surface area contributed by atoms with Crippen molar-refractivity contribution in [1.29, 1.82) is 0 Å². The van der Waals surface area contributed by atoms with E-state index in [1.54, 1.807) is 0 Å². The zero-order chi connectivity index (χ0) is 13.1. The molecule has 1 N–H and O–H groups in total. The average molecular weight is 324 g/mol. The van der Waals surface area contributed by atoms with Gasteiger partial charge in [-0.15, -0.1) is 0 Å². The number of halogens is 1. The van der Waals surface area contributed by atoms with Gasteiger partial charge >= 0.3 is 0 Å². The van der Waals surface area contributed by atoms with Crippen molar-refractivity contribution in [3.05, 3.63) is 28.7 Å². The van der Waals surface area contributed by atoms with Crippen LogP contribution in [0.1, 0.15) is 32.1 Å². The lowest BCUT2D eigenvalue weighted by Gasteiger charge is -2.47. The molecule has 3 rings (SSSR count). The predicted octanol–water partition coefficient (Wildman–Crippen LogP) is 4.00. The minimum Gasteiger partial charge on any atom is -0.494 e. The molecule has 0 atom stereocenters. The zero-order valence-electron chi connectivity index (χ0n) is 11.3. The lowest BCUT2D eigenvalue weighted by atomic mass is 9.68. The Morgan fingerprint density at radius 3 is 2.42 bits per heavy atom. The third-order valence-corrected chi connectivity index (χ3v) is 5.39. The molecule has 1 aliphatic heterocycles. The smallest absolute Gasteiger partial charge is 0.119 e. The molecule has 3 heteroatoms. The summed E-state index contributed by atoms with van der Waals surface area (Å²) in [5.74, 6) is 1.92. The second-order valence-corrected chi connectivity index (χ2v) is 6.92. The SMILES string of the molecule is Brc1ccc(OCCC2(C3CCCC3)CNC2)cc1. The van der Waals surface area contributed by atoms with Crippen LogP contribution in [0.2, 0.25) is 0 Å². The largest absolute Gasteiger partial charge is 0.494 e. The lowest BCUT2D eigenvalue weighted by Crippen LogP contribution is -2.57. The molecule has 1 aliphatic carbocycles. The first-order valence-electron chi connectivity index (χ1n) is 7.38. The number of hydrogen-bond donors (Lipinski definition) is 1. The van der Waals surface area contributed by atoms with Crippen LogP contribution in [0.15, 0.2) is 28.7 Å². The Bertz CT molecular complexity index is 407. The maximum Gasteiger partial charge on any atom is 0.119 e. The normalized spacial score (nSPS) is 22.2. The Morgan fingerprint density at radius 1 is 1.16 bits per heavy atom. The van der Waals surface area contributed by atoms with Gasteiger partial charge in [-0.05, 0) is 49.4 Å². The number of nitrogens with one attached hydrogen (secondary N) is 1. The molecule has 1 saturated heterocycles. The Kier molecular flexibility index (Phi) is 4.13. The summed E-state index contributed by atoms with van der Waals surface area (Å²) in [7, 11) is 0. The molecule has 2 aliphatic rings. The number of benzene rings is 1. The highest BCUT2D eigenvalue weighted by Crippen LogP contribution is 2.44. The maximum absolute atomic E-state index is 5.90. The fourth-order valence-electron chi connectivity index (χ4n) is 3.56. The standard InChI is InChI=1S/C16H22BrNO/c17-14-5-7-15(8-6-14)19-10-9-16(11-18-12-16)13-3-1-2-4-13/h5-8,13,18H,1-4,9-12H2. The van der Waals surface area contributed by atoms with Crippen LogP contribution in [-0.4, -0.2) is 19.7 Å². The minimum absolute atomic E-state index is 0.534. The molecule has 0 aromatic heterocycles. The molecule has 0 bridgehead atoms. The highest BCUT2D eigenvalue weighted by molar-refractivity contribution is 9.10. The third kappa shape index (κ3) is 2.97. The van der Waals surface area contributed by atoms with Crippen LogP contribution in [0.5, 0.6) is 5.75 Å². The van der Waals surface area contributed by atoms with Crippen molar-refractivity contribution < 1.29 is 4.74 Å².